The second-order valence-corrected chi connectivity index (χ2v) is 11.1. The first kappa shape index (κ1) is 20.6. The maximum atomic E-state index is 12.0. The van der Waals surface area contributed by atoms with Gasteiger partial charge in [0, 0.05) is 26.2 Å². The second kappa shape index (κ2) is 8.58. The molecule has 4 rings (SSSR count). The summed E-state index contributed by atoms with van der Waals surface area (Å²) in [5.41, 5.74) is 0. The van der Waals surface area contributed by atoms with Crippen molar-refractivity contribution in [3.63, 3.8) is 0 Å². The van der Waals surface area contributed by atoms with Crippen LogP contribution < -0.4 is 0 Å². The Morgan fingerprint density at radius 2 is 1.61 bits per heavy atom. The van der Waals surface area contributed by atoms with Gasteiger partial charge in [-0.15, -0.1) is 0 Å². The first-order valence-corrected chi connectivity index (χ1v) is 12.8. The van der Waals surface area contributed by atoms with Crippen LogP contribution in [0.3, 0.4) is 0 Å². The van der Waals surface area contributed by atoms with Crippen molar-refractivity contribution in [2.45, 2.75) is 57.9 Å². The van der Waals surface area contributed by atoms with Crippen molar-refractivity contribution >= 4 is 15.8 Å². The summed E-state index contributed by atoms with van der Waals surface area (Å²) >= 11 is 0. The van der Waals surface area contributed by atoms with Crippen molar-refractivity contribution in [1.82, 2.24) is 9.80 Å². The first-order chi connectivity index (χ1) is 13.4. The van der Waals surface area contributed by atoms with Gasteiger partial charge in [0.05, 0.1) is 30.1 Å². The van der Waals surface area contributed by atoms with Gasteiger partial charge < -0.3 is 9.47 Å². The quantitative estimate of drug-likeness (QED) is 0.609. The number of fused-ring (bicyclic) bond motifs is 1. The minimum Gasteiger partial charge on any atom is -0.466 e. The van der Waals surface area contributed by atoms with Crippen LogP contribution in [-0.2, 0) is 24.1 Å². The van der Waals surface area contributed by atoms with E-state index in [-0.39, 0.29) is 36.2 Å². The van der Waals surface area contributed by atoms with Gasteiger partial charge in [0.25, 0.3) is 0 Å². The van der Waals surface area contributed by atoms with Crippen LogP contribution in [-0.4, -0.2) is 80.9 Å². The number of rotatable bonds is 6. The largest absolute Gasteiger partial charge is 0.466 e. The molecular formula is C20H34N2O5S. The van der Waals surface area contributed by atoms with E-state index in [0.717, 1.165) is 51.9 Å². The van der Waals surface area contributed by atoms with Crippen molar-refractivity contribution in [3.8, 4) is 0 Å². The summed E-state index contributed by atoms with van der Waals surface area (Å²) in [6.45, 7) is 6.04. The second-order valence-electron chi connectivity index (χ2n) is 8.98. The summed E-state index contributed by atoms with van der Waals surface area (Å²) in [5, 5.41) is 0. The third-order valence-corrected chi connectivity index (χ3v) is 8.79. The fourth-order valence-electron chi connectivity index (χ4n) is 5.49. The lowest BCUT2D eigenvalue weighted by Crippen LogP contribution is -2.50. The third-order valence-electron chi connectivity index (χ3n) is 6.91. The maximum absolute atomic E-state index is 12.0. The molecule has 4 aliphatic rings. The average molecular weight is 415 g/mol. The SMILES string of the molecule is CCOC(=O)[C@H]1CC[C@H](OC(N2CCCC2)N2C[C@@H]3CS(=O)(=O)C[C@@H]3C2)CC1. The molecule has 7 nitrogen and oxygen atoms in total. The summed E-state index contributed by atoms with van der Waals surface area (Å²) in [7, 11) is -2.84. The molecule has 160 valence electrons. The van der Waals surface area contributed by atoms with Crippen molar-refractivity contribution in [2.24, 2.45) is 17.8 Å². The van der Waals surface area contributed by atoms with E-state index in [1.807, 2.05) is 6.92 Å². The number of esters is 1. The van der Waals surface area contributed by atoms with Gasteiger partial charge in [0.1, 0.15) is 0 Å². The van der Waals surface area contributed by atoms with E-state index in [9.17, 15) is 13.2 Å². The Kier molecular flexibility index (Phi) is 6.30. The molecule has 0 amide bonds. The smallest absolute Gasteiger partial charge is 0.308 e. The molecule has 0 radical (unpaired) electrons. The molecule has 0 aromatic carbocycles. The van der Waals surface area contributed by atoms with E-state index in [0.29, 0.717) is 18.1 Å². The zero-order valence-corrected chi connectivity index (χ0v) is 17.7. The molecule has 0 aromatic rings. The molecule has 0 N–H and O–H groups in total. The number of sulfone groups is 1. The van der Waals surface area contributed by atoms with E-state index in [1.165, 1.54) is 12.8 Å². The van der Waals surface area contributed by atoms with Gasteiger partial charge >= 0.3 is 5.97 Å². The zero-order valence-electron chi connectivity index (χ0n) is 16.9. The van der Waals surface area contributed by atoms with Crippen LogP contribution in [0.1, 0.15) is 45.4 Å². The van der Waals surface area contributed by atoms with E-state index < -0.39 is 9.84 Å². The van der Waals surface area contributed by atoms with E-state index in [1.54, 1.807) is 0 Å². The number of ether oxygens (including phenoxy) is 2. The number of hydrogen-bond acceptors (Lipinski definition) is 7. The Morgan fingerprint density at radius 1 is 1.00 bits per heavy atom. The highest BCUT2D eigenvalue weighted by Gasteiger charge is 2.47. The summed E-state index contributed by atoms with van der Waals surface area (Å²) in [4.78, 5) is 16.8. The molecule has 3 aliphatic heterocycles. The van der Waals surface area contributed by atoms with Crippen molar-refractivity contribution in [3.05, 3.63) is 0 Å². The van der Waals surface area contributed by atoms with Crippen molar-refractivity contribution in [2.75, 3.05) is 44.3 Å². The Morgan fingerprint density at radius 3 is 2.18 bits per heavy atom. The van der Waals surface area contributed by atoms with Gasteiger partial charge in [0.2, 0.25) is 0 Å². The molecule has 3 heterocycles. The average Bonchev–Trinajstić information content (AvgIpc) is 3.35. The number of likely N-dealkylation sites (tertiary alicyclic amines) is 2. The lowest BCUT2D eigenvalue weighted by atomic mass is 9.87. The predicted octanol–water partition coefficient (Wildman–Crippen LogP) is 1.48. The molecule has 8 heteroatoms. The van der Waals surface area contributed by atoms with Gasteiger partial charge in [0.15, 0.2) is 16.2 Å². The van der Waals surface area contributed by atoms with Crippen LogP contribution >= 0.6 is 0 Å². The zero-order chi connectivity index (χ0) is 19.7. The highest BCUT2D eigenvalue weighted by molar-refractivity contribution is 7.91. The third kappa shape index (κ3) is 4.55. The number of nitrogens with zero attached hydrogens (tertiary/aromatic N) is 2. The maximum Gasteiger partial charge on any atom is 0.308 e. The van der Waals surface area contributed by atoms with Crippen LogP contribution in [0.25, 0.3) is 0 Å². The highest BCUT2D eigenvalue weighted by atomic mass is 32.2. The fraction of sp³-hybridized carbons (Fsp3) is 0.950. The van der Waals surface area contributed by atoms with Gasteiger partial charge in [-0.25, -0.2) is 8.42 Å². The molecule has 1 unspecified atom stereocenters. The van der Waals surface area contributed by atoms with Crippen LogP contribution in [0.4, 0.5) is 0 Å². The van der Waals surface area contributed by atoms with Gasteiger partial charge in [-0.1, -0.05) is 0 Å². The summed E-state index contributed by atoms with van der Waals surface area (Å²) < 4.78 is 35.6. The topological polar surface area (TPSA) is 76.2 Å². The Bertz CT molecular complexity index is 636. The molecule has 1 aliphatic carbocycles. The minimum atomic E-state index is -2.84. The van der Waals surface area contributed by atoms with E-state index >= 15 is 0 Å². The highest BCUT2D eigenvalue weighted by Crippen LogP contribution is 2.36. The van der Waals surface area contributed by atoms with E-state index in [4.69, 9.17) is 9.47 Å². The summed E-state index contributed by atoms with van der Waals surface area (Å²) in [6.07, 6.45) is 5.97. The number of hydrogen-bond donors (Lipinski definition) is 0. The van der Waals surface area contributed by atoms with Crippen LogP contribution in [0.2, 0.25) is 0 Å². The predicted molar refractivity (Wildman–Crippen MR) is 105 cm³/mol. The number of carbonyl (C=O) groups is 1. The van der Waals surface area contributed by atoms with Gasteiger partial charge in [-0.3, -0.25) is 14.6 Å². The van der Waals surface area contributed by atoms with Crippen LogP contribution in [0.5, 0.6) is 0 Å². The minimum absolute atomic E-state index is 0.0152. The Hall–Kier alpha value is -0.700. The van der Waals surface area contributed by atoms with E-state index in [2.05, 4.69) is 9.80 Å². The normalized spacial score (nSPS) is 37.0. The molecule has 0 aromatic heterocycles. The molecule has 3 saturated heterocycles. The lowest BCUT2D eigenvalue weighted by Gasteiger charge is -2.39. The molecule has 4 fully saturated rings. The molecule has 1 saturated carbocycles. The molecule has 28 heavy (non-hydrogen) atoms. The van der Waals surface area contributed by atoms with Gasteiger partial charge in [-0.2, -0.15) is 0 Å². The standard InChI is InChI=1S/C20H34N2O5S/c1-2-26-19(23)15-5-7-18(8-6-15)27-20(21-9-3-4-10-21)22-11-16-13-28(24,25)14-17(16)12-22/h15-18,20H,2-14H2,1H3/t15-,16-,17+,18-,20?. The monoisotopic (exact) mass is 414 g/mol. The lowest BCUT2D eigenvalue weighted by molar-refractivity contribution is -0.180. The van der Waals surface area contributed by atoms with Crippen molar-refractivity contribution in [1.29, 1.82) is 0 Å². The van der Waals surface area contributed by atoms with Crippen LogP contribution in [0.15, 0.2) is 0 Å². The number of carbonyl (C=O) groups excluding carboxylic acids is 1. The molecule has 0 spiro atoms. The summed E-state index contributed by atoms with van der Waals surface area (Å²) in [6, 6.07) is 0. The summed E-state index contributed by atoms with van der Waals surface area (Å²) in [5.74, 6) is 1.15. The Balaban J connectivity index is 1.35. The fourth-order valence-corrected chi connectivity index (χ4v) is 7.68. The van der Waals surface area contributed by atoms with Crippen LogP contribution in [0, 0.1) is 17.8 Å². The molecule has 0 bridgehead atoms. The molecular weight excluding hydrogens is 380 g/mol. The first-order valence-electron chi connectivity index (χ1n) is 11.0. The Labute approximate surface area is 168 Å². The van der Waals surface area contributed by atoms with Crippen molar-refractivity contribution < 1.29 is 22.7 Å². The molecule has 3 atom stereocenters. The van der Waals surface area contributed by atoms with Gasteiger partial charge in [-0.05, 0) is 57.3 Å².